The van der Waals surface area contributed by atoms with Gasteiger partial charge >= 0.3 is 19.8 Å². The number of ether oxygens (including phenoxy) is 2. The molecule has 0 aromatic carbocycles. The van der Waals surface area contributed by atoms with Crippen molar-refractivity contribution in [3.05, 3.63) is 60.8 Å². The zero-order valence-corrected chi connectivity index (χ0v) is 45.7. The van der Waals surface area contributed by atoms with Crippen molar-refractivity contribution in [3.8, 4) is 0 Å². The summed E-state index contributed by atoms with van der Waals surface area (Å²) in [4.78, 5) is 35.7. The zero-order valence-electron chi connectivity index (χ0n) is 44.8. The first-order chi connectivity index (χ1) is 33.0. The number of hydrogen-bond donors (Lipinski definition) is 1. The molecule has 396 valence electrons. The summed E-state index contributed by atoms with van der Waals surface area (Å²) in [5.74, 6) is -0.803. The number of rotatable bonds is 51. The maximum atomic E-state index is 12.8. The Labute approximate surface area is 419 Å². The molecule has 0 aromatic rings. The van der Waals surface area contributed by atoms with Gasteiger partial charge in [0, 0.05) is 12.8 Å². The highest BCUT2D eigenvalue weighted by Crippen LogP contribution is 2.43. The lowest BCUT2D eigenvalue weighted by molar-refractivity contribution is -0.870. The minimum Gasteiger partial charge on any atom is -0.462 e. The minimum absolute atomic E-state index is 0.0283. The molecule has 0 amide bonds. The molecule has 0 aliphatic carbocycles. The number of allylic oxidation sites excluding steroid dienone is 10. The highest BCUT2D eigenvalue weighted by atomic mass is 31.2. The summed E-state index contributed by atoms with van der Waals surface area (Å²) < 4.78 is 34.5. The number of phosphoric ester groups is 1. The summed E-state index contributed by atoms with van der Waals surface area (Å²) in [5, 5.41) is 0. The molecule has 0 saturated carbocycles. The first-order valence-corrected chi connectivity index (χ1v) is 29.5. The van der Waals surface area contributed by atoms with E-state index in [0.717, 1.165) is 77.0 Å². The Balaban J connectivity index is 4.21. The predicted octanol–water partition coefficient (Wildman–Crippen LogP) is 17.1. The van der Waals surface area contributed by atoms with Crippen molar-refractivity contribution in [3.63, 3.8) is 0 Å². The van der Waals surface area contributed by atoms with Gasteiger partial charge in [-0.3, -0.25) is 18.6 Å². The maximum Gasteiger partial charge on any atom is 0.472 e. The molecule has 1 N–H and O–H groups in total. The number of esters is 2. The minimum atomic E-state index is -4.39. The van der Waals surface area contributed by atoms with Crippen molar-refractivity contribution in [2.24, 2.45) is 0 Å². The largest absolute Gasteiger partial charge is 0.472 e. The normalized spacial score (nSPS) is 13.8. The van der Waals surface area contributed by atoms with Crippen LogP contribution < -0.4 is 0 Å². The smallest absolute Gasteiger partial charge is 0.462 e. The van der Waals surface area contributed by atoms with Gasteiger partial charge < -0.3 is 18.9 Å². The van der Waals surface area contributed by atoms with E-state index in [2.05, 4.69) is 74.6 Å². The van der Waals surface area contributed by atoms with E-state index in [1.54, 1.807) is 0 Å². The second kappa shape index (κ2) is 49.7. The van der Waals surface area contributed by atoms with Crippen LogP contribution in [0.5, 0.6) is 0 Å². The molecule has 0 saturated heterocycles. The molecule has 0 radical (unpaired) electrons. The fourth-order valence-electron chi connectivity index (χ4n) is 7.75. The molecule has 10 heteroatoms. The number of unbranched alkanes of at least 4 members (excludes halogenated alkanes) is 27. The number of hydrogen-bond acceptors (Lipinski definition) is 7. The van der Waals surface area contributed by atoms with Crippen molar-refractivity contribution in [1.29, 1.82) is 0 Å². The third-order valence-electron chi connectivity index (χ3n) is 12.1. The van der Waals surface area contributed by atoms with E-state index in [1.165, 1.54) is 135 Å². The molecular weight excluding hydrogens is 870 g/mol. The van der Waals surface area contributed by atoms with Gasteiger partial charge in [-0.1, -0.05) is 235 Å². The number of quaternary nitrogens is 1. The van der Waals surface area contributed by atoms with Crippen molar-refractivity contribution < 1.29 is 42.1 Å². The van der Waals surface area contributed by atoms with E-state index in [9.17, 15) is 19.0 Å². The van der Waals surface area contributed by atoms with Crippen LogP contribution in [-0.4, -0.2) is 74.9 Å². The Morgan fingerprint density at radius 3 is 1.25 bits per heavy atom. The van der Waals surface area contributed by atoms with Gasteiger partial charge in [-0.15, -0.1) is 0 Å². The van der Waals surface area contributed by atoms with Crippen molar-refractivity contribution in [1.82, 2.24) is 0 Å². The Morgan fingerprint density at radius 2 is 0.838 bits per heavy atom. The van der Waals surface area contributed by atoms with Crippen LogP contribution in [0.4, 0.5) is 0 Å². The van der Waals surface area contributed by atoms with Crippen molar-refractivity contribution in [2.75, 3.05) is 47.5 Å². The fourth-order valence-corrected chi connectivity index (χ4v) is 8.49. The number of nitrogens with zero attached hydrogens (tertiary/aromatic N) is 1. The molecule has 0 aliphatic rings. The molecule has 0 heterocycles. The lowest BCUT2D eigenvalue weighted by atomic mass is 10.0. The molecule has 0 aliphatic heterocycles. The highest BCUT2D eigenvalue weighted by Gasteiger charge is 2.27. The van der Waals surface area contributed by atoms with Gasteiger partial charge in [0.2, 0.25) is 0 Å². The first kappa shape index (κ1) is 65.7. The van der Waals surface area contributed by atoms with E-state index in [1.807, 2.05) is 21.1 Å². The van der Waals surface area contributed by atoms with Crippen LogP contribution in [-0.2, 0) is 32.7 Å². The predicted molar refractivity (Wildman–Crippen MR) is 289 cm³/mol. The van der Waals surface area contributed by atoms with Crippen LogP contribution in [0.3, 0.4) is 0 Å². The molecule has 0 aromatic heterocycles. The third-order valence-corrected chi connectivity index (χ3v) is 13.0. The Morgan fingerprint density at radius 1 is 0.471 bits per heavy atom. The van der Waals surface area contributed by atoms with Crippen LogP contribution in [0.15, 0.2) is 60.8 Å². The molecule has 9 nitrogen and oxygen atoms in total. The SMILES string of the molecule is CC/C=C\C/C=C\C/C=C\C/C=C\C/C=C\CCCCCCCCCC(=O)OC(COC(=O)CCCCCCCCCCCCCCCCCCCCCCC)COP(=O)(O)OCC[N+](C)(C)C. The van der Waals surface area contributed by atoms with Crippen LogP contribution in [0.1, 0.15) is 245 Å². The van der Waals surface area contributed by atoms with Crippen LogP contribution >= 0.6 is 7.82 Å². The quantitative estimate of drug-likeness (QED) is 0.0211. The number of phosphoric acid groups is 1. The third kappa shape index (κ3) is 53.1. The summed E-state index contributed by atoms with van der Waals surface area (Å²) in [5.41, 5.74) is 0. The molecule has 2 unspecified atom stereocenters. The molecule has 68 heavy (non-hydrogen) atoms. The van der Waals surface area contributed by atoms with E-state index < -0.39 is 26.5 Å². The van der Waals surface area contributed by atoms with Gasteiger partial charge in [0.15, 0.2) is 6.10 Å². The molecule has 0 fully saturated rings. The average molecular weight is 977 g/mol. The van der Waals surface area contributed by atoms with Gasteiger partial charge in [0.1, 0.15) is 19.8 Å². The van der Waals surface area contributed by atoms with Gasteiger partial charge in [-0.25, -0.2) is 4.57 Å². The van der Waals surface area contributed by atoms with Gasteiger partial charge in [-0.05, 0) is 57.8 Å². The number of carbonyl (C=O) groups excluding carboxylic acids is 2. The lowest BCUT2D eigenvalue weighted by Gasteiger charge is -2.24. The van der Waals surface area contributed by atoms with Crippen LogP contribution in [0, 0.1) is 0 Å². The van der Waals surface area contributed by atoms with Crippen LogP contribution in [0.2, 0.25) is 0 Å². The lowest BCUT2D eigenvalue weighted by Crippen LogP contribution is -2.37. The second-order valence-corrected chi connectivity index (χ2v) is 21.4. The van der Waals surface area contributed by atoms with E-state index >= 15 is 0 Å². The Kier molecular flexibility index (Phi) is 48.0. The van der Waals surface area contributed by atoms with Gasteiger partial charge in [0.05, 0.1) is 27.7 Å². The van der Waals surface area contributed by atoms with Crippen molar-refractivity contribution in [2.45, 2.75) is 251 Å². The first-order valence-electron chi connectivity index (χ1n) is 28.0. The monoisotopic (exact) mass is 977 g/mol. The summed E-state index contributed by atoms with van der Waals surface area (Å²) >= 11 is 0. The molecule has 2 atom stereocenters. The molecule has 0 spiro atoms. The number of carbonyl (C=O) groups is 2. The standard InChI is InChI=1S/C58H106NO8P/c1-6-8-10-12-14-16-18-20-22-24-26-28-29-31-33-35-37-39-41-43-45-47-49-51-58(61)67-56(55-66-68(62,63)65-53-52-59(3,4)5)54-64-57(60)50-48-46-44-42-40-38-36-34-32-30-27-25-23-21-19-17-15-13-11-9-7-2/h8,10,14,16,20,22,26,28,31,33,56H,6-7,9,11-13,15,17-19,21,23-25,27,29-30,32,34-55H2,1-5H3/p+1/b10-8-,16-14-,22-20-,28-26-,33-31-. The topological polar surface area (TPSA) is 108 Å². The van der Waals surface area contributed by atoms with E-state index in [0.29, 0.717) is 17.4 Å². The molecule has 0 rings (SSSR count). The zero-order chi connectivity index (χ0) is 49.9. The summed E-state index contributed by atoms with van der Waals surface area (Å²) in [6.07, 6.45) is 62.8. The summed E-state index contributed by atoms with van der Waals surface area (Å²) in [6.45, 7) is 4.33. The summed E-state index contributed by atoms with van der Waals surface area (Å²) in [6, 6.07) is 0. The van der Waals surface area contributed by atoms with Crippen molar-refractivity contribution >= 4 is 19.8 Å². The second-order valence-electron chi connectivity index (χ2n) is 19.9. The molecule has 0 bridgehead atoms. The Bertz CT molecular complexity index is 1340. The van der Waals surface area contributed by atoms with Gasteiger partial charge in [-0.2, -0.15) is 0 Å². The average Bonchev–Trinajstić information content (AvgIpc) is 3.30. The molecular formula is C58H107NO8P+. The van der Waals surface area contributed by atoms with E-state index in [4.69, 9.17) is 18.5 Å². The maximum absolute atomic E-state index is 12.8. The number of likely N-dealkylation sites (N-methyl/N-ethyl adjacent to an activating group) is 1. The summed E-state index contributed by atoms with van der Waals surface area (Å²) in [7, 11) is 1.47. The highest BCUT2D eigenvalue weighted by molar-refractivity contribution is 7.47. The van der Waals surface area contributed by atoms with Crippen LogP contribution in [0.25, 0.3) is 0 Å². The Hall–Kier alpha value is -2.29. The van der Waals surface area contributed by atoms with Gasteiger partial charge in [0.25, 0.3) is 0 Å². The van der Waals surface area contributed by atoms with E-state index in [-0.39, 0.29) is 32.0 Å². The fraction of sp³-hybridized carbons (Fsp3) is 0.793.